The molecule has 81 heavy (non-hydrogen) atoms. The number of allylic oxidation sites excluding steroid dienone is 2. The van der Waals surface area contributed by atoms with E-state index in [0.29, 0.717) is 119 Å². The Labute approximate surface area is 485 Å². The Kier molecular flexibility index (Phi) is 27.6. The first kappa shape index (κ1) is 63.5. The summed E-state index contributed by atoms with van der Waals surface area (Å²) in [5.74, 6) is 1.18. The van der Waals surface area contributed by atoms with E-state index in [2.05, 4.69) is 61.2 Å². The Bertz CT molecular complexity index is 2630. The first-order valence-electron chi connectivity index (χ1n) is 27.8. The number of ether oxygens (including phenoxy) is 5. The molecule has 20 nitrogen and oxygen atoms in total. The van der Waals surface area contributed by atoms with Crippen LogP contribution >= 0.6 is 22.7 Å². The molecule has 2 fully saturated rings. The molecule has 2 aromatic carbocycles. The van der Waals surface area contributed by atoms with Gasteiger partial charge in [-0.05, 0) is 107 Å². The monoisotopic (exact) mass is 1150 g/mol. The van der Waals surface area contributed by atoms with Crippen molar-refractivity contribution in [2.24, 2.45) is 5.73 Å². The van der Waals surface area contributed by atoms with Crippen LogP contribution in [-0.4, -0.2) is 179 Å². The number of amides is 5. The molecule has 440 valence electrons. The number of carbonyl (C=O) groups is 4. The van der Waals surface area contributed by atoms with Crippen molar-refractivity contribution in [3.8, 4) is 11.5 Å². The van der Waals surface area contributed by atoms with E-state index in [1.165, 1.54) is 22.7 Å². The molecule has 1 saturated heterocycles. The van der Waals surface area contributed by atoms with E-state index in [4.69, 9.17) is 29.4 Å². The fraction of sp³-hybridized carbons (Fsp3) is 0.492. The second-order valence-corrected chi connectivity index (χ2v) is 21.8. The molecule has 1 aliphatic heterocycles. The zero-order valence-corrected chi connectivity index (χ0v) is 49.0. The minimum Gasteiger partial charge on any atom is -0.494 e. The fourth-order valence-electron chi connectivity index (χ4n) is 8.55. The molecule has 2 aromatic heterocycles. The van der Waals surface area contributed by atoms with Crippen LogP contribution in [0.3, 0.4) is 0 Å². The van der Waals surface area contributed by atoms with Gasteiger partial charge in [-0.2, -0.15) is 0 Å². The van der Waals surface area contributed by atoms with Crippen LogP contribution < -0.4 is 36.5 Å². The topological polar surface area (TPSA) is 227 Å². The minimum absolute atomic E-state index is 0.0162. The van der Waals surface area contributed by atoms with Crippen LogP contribution in [0.1, 0.15) is 66.4 Å². The molecule has 0 spiro atoms. The average Bonchev–Trinajstić information content (AvgIpc) is 4.21. The Morgan fingerprint density at radius 2 is 1.54 bits per heavy atom. The highest BCUT2D eigenvalue weighted by molar-refractivity contribution is 7.14. The van der Waals surface area contributed by atoms with Crippen molar-refractivity contribution >= 4 is 57.2 Å². The molecule has 6 N–H and O–H groups in total. The van der Waals surface area contributed by atoms with Gasteiger partial charge in [0.15, 0.2) is 11.2 Å². The highest BCUT2D eigenvalue weighted by Crippen LogP contribution is 2.37. The predicted octanol–water partition coefficient (Wildman–Crippen LogP) is 6.95. The molecule has 22 heteroatoms. The summed E-state index contributed by atoms with van der Waals surface area (Å²) in [6, 6.07) is 13.8. The fourth-order valence-corrected chi connectivity index (χ4v) is 9.86. The second kappa shape index (κ2) is 35.3. The quantitative estimate of drug-likeness (QED) is 0.0226. The highest BCUT2D eigenvalue weighted by atomic mass is 32.1. The summed E-state index contributed by atoms with van der Waals surface area (Å²) in [5, 5.41) is 13.9. The van der Waals surface area contributed by atoms with Crippen molar-refractivity contribution in [1.82, 2.24) is 40.2 Å². The normalized spacial score (nSPS) is 14.3. The summed E-state index contributed by atoms with van der Waals surface area (Å²) in [4.78, 5) is 70.7. The van der Waals surface area contributed by atoms with Crippen molar-refractivity contribution < 1.29 is 42.9 Å². The predicted molar refractivity (Wildman–Crippen MR) is 320 cm³/mol. The van der Waals surface area contributed by atoms with Crippen LogP contribution in [0.4, 0.5) is 15.6 Å². The zero-order valence-electron chi connectivity index (χ0n) is 47.4. The molecule has 1 aliphatic carbocycles. The Hall–Kier alpha value is -6.66. The number of unbranched alkanes of at least 4 members (excludes halogenated alkanes) is 1. The smallest absolute Gasteiger partial charge is 0.325 e. The molecule has 0 bridgehead atoms. The molecule has 4 aromatic rings. The lowest BCUT2D eigenvalue weighted by atomic mass is 10.1. The van der Waals surface area contributed by atoms with Gasteiger partial charge < -0.3 is 65.0 Å². The lowest BCUT2D eigenvalue weighted by Gasteiger charge is -2.32. The number of nitrogens with two attached hydrogens (primary N) is 1. The summed E-state index contributed by atoms with van der Waals surface area (Å²) < 4.78 is 29.0. The van der Waals surface area contributed by atoms with Crippen LogP contribution in [0.15, 0.2) is 108 Å². The number of piperazine rings is 1. The van der Waals surface area contributed by atoms with E-state index < -0.39 is 12.1 Å². The maximum absolute atomic E-state index is 13.9. The third-order valence-corrected chi connectivity index (χ3v) is 15.0. The van der Waals surface area contributed by atoms with Gasteiger partial charge in [-0.3, -0.25) is 19.7 Å². The molecule has 0 radical (unpaired) electrons. The van der Waals surface area contributed by atoms with Crippen molar-refractivity contribution in [3.05, 3.63) is 130 Å². The minimum atomic E-state index is -0.795. The number of rotatable bonds is 38. The van der Waals surface area contributed by atoms with Gasteiger partial charge >= 0.3 is 6.03 Å². The standard InChI is InChI=1S/C59H83N11O9S2/c1-6-10-45(7-2)40-62-57(73)56(55-44(3)81-43-63-55)70(50-16-17-50)53(71)22-13-46-11-18-51(19-12-46)78-31-9-8-25-67(4)30-34-77-36-35-75-32-23-47(60)41-61-24-33-76-37-38-79-52-20-14-48(15-21-52)64-58(74)66-59-65-49(42-80-59)39-54(72)69-28-26-68(5)27-29-69/h6-7,10-12,14-15,18-21,41-43,50,56,61H,1-2,8-9,13,16-17,22-40,60H2,3-5H3,(H,62,73)(H2,64,65,66,74)/b45-10+,47-41-. The van der Waals surface area contributed by atoms with Crippen molar-refractivity contribution in [3.63, 3.8) is 0 Å². The van der Waals surface area contributed by atoms with Gasteiger partial charge in [-0.1, -0.05) is 43.5 Å². The summed E-state index contributed by atoms with van der Waals surface area (Å²) in [5.41, 5.74) is 12.3. The first-order valence-corrected chi connectivity index (χ1v) is 29.6. The molecular formula is C59H83N11O9S2. The van der Waals surface area contributed by atoms with Gasteiger partial charge in [0.1, 0.15) is 18.1 Å². The average molecular weight is 1150 g/mol. The summed E-state index contributed by atoms with van der Waals surface area (Å²) in [6.45, 7) is 19.3. The third-order valence-electron chi connectivity index (χ3n) is 13.4. The lowest BCUT2D eigenvalue weighted by Crippen LogP contribution is -2.47. The maximum atomic E-state index is 13.9. The SMILES string of the molecule is C=C/C=C(\C=C)CNC(=O)C(c1ncsc1C)N(C(=O)CCc1ccc(OCCCCN(C)CCOCCOCC/C(N)=C/NCCOCCOc2ccc(NC(=O)Nc3nc(CC(=O)N4CCN(C)CC4)cs3)cc2)cc1)C1CC1. The van der Waals surface area contributed by atoms with Crippen molar-refractivity contribution in [1.29, 1.82) is 0 Å². The van der Waals surface area contributed by atoms with E-state index in [1.54, 1.807) is 64.5 Å². The number of aromatic nitrogens is 2. The van der Waals surface area contributed by atoms with Crippen LogP contribution in [-0.2, 0) is 41.4 Å². The van der Waals surface area contributed by atoms with Crippen LogP contribution in [0, 0.1) is 6.92 Å². The molecule has 6 rings (SSSR count). The van der Waals surface area contributed by atoms with Gasteiger partial charge in [0.05, 0.1) is 69.6 Å². The van der Waals surface area contributed by atoms with Gasteiger partial charge in [-0.15, -0.1) is 22.7 Å². The molecule has 5 amide bonds. The van der Waals surface area contributed by atoms with E-state index >= 15 is 0 Å². The van der Waals surface area contributed by atoms with Crippen molar-refractivity contribution in [2.75, 3.05) is 130 Å². The summed E-state index contributed by atoms with van der Waals surface area (Å²) in [6.07, 6.45) is 12.2. The van der Waals surface area contributed by atoms with Crippen LogP contribution in [0.5, 0.6) is 11.5 Å². The third kappa shape index (κ3) is 23.4. The molecule has 1 atom stereocenters. The summed E-state index contributed by atoms with van der Waals surface area (Å²) >= 11 is 2.75. The second-order valence-electron chi connectivity index (χ2n) is 19.8. The number of thiazole rings is 2. The van der Waals surface area contributed by atoms with Crippen molar-refractivity contribution in [2.45, 2.75) is 70.4 Å². The number of likely N-dealkylation sites (N-methyl/N-ethyl adjacent to an activating group) is 2. The largest absolute Gasteiger partial charge is 0.494 e. The maximum Gasteiger partial charge on any atom is 0.325 e. The number of carbonyl (C=O) groups excluding carboxylic acids is 4. The van der Waals surface area contributed by atoms with E-state index in [0.717, 1.165) is 73.6 Å². The molecule has 1 saturated carbocycles. The number of aryl methyl sites for hydroxylation is 2. The van der Waals surface area contributed by atoms with E-state index in [-0.39, 0.29) is 43.1 Å². The number of anilines is 2. The number of nitrogens with one attached hydrogen (secondary N) is 4. The zero-order chi connectivity index (χ0) is 57.6. The van der Waals surface area contributed by atoms with Gasteiger partial charge in [-0.25, -0.2) is 14.8 Å². The highest BCUT2D eigenvalue weighted by Gasteiger charge is 2.42. The number of hydrogen-bond donors (Lipinski definition) is 5. The summed E-state index contributed by atoms with van der Waals surface area (Å²) in [7, 11) is 4.14. The van der Waals surface area contributed by atoms with Crippen LogP contribution in [0.25, 0.3) is 0 Å². The number of benzene rings is 2. The molecule has 1 unspecified atom stereocenters. The van der Waals surface area contributed by atoms with Gasteiger partial charge in [0, 0.05) is 92.5 Å². The molecular weight excluding hydrogens is 1070 g/mol. The number of hydrogen-bond acceptors (Lipinski definition) is 17. The van der Waals surface area contributed by atoms with E-state index in [9.17, 15) is 19.2 Å². The molecule has 3 heterocycles. The van der Waals surface area contributed by atoms with Crippen LogP contribution in [0.2, 0.25) is 0 Å². The Balaban J connectivity index is 0.716. The lowest BCUT2D eigenvalue weighted by molar-refractivity contribution is -0.141. The van der Waals surface area contributed by atoms with E-state index in [1.807, 2.05) is 43.1 Å². The van der Waals surface area contributed by atoms with Gasteiger partial charge in [0.25, 0.3) is 0 Å². The Morgan fingerprint density at radius 3 is 2.25 bits per heavy atom. The van der Waals surface area contributed by atoms with Gasteiger partial charge in [0.2, 0.25) is 17.7 Å². The number of nitrogens with zero attached hydrogens (tertiary/aromatic N) is 6. The first-order chi connectivity index (χ1) is 39.4. The Morgan fingerprint density at radius 1 is 0.840 bits per heavy atom. The molecule has 2 aliphatic rings. The number of urea groups is 1.